The zero-order valence-corrected chi connectivity index (χ0v) is 8.61. The van der Waals surface area contributed by atoms with E-state index in [1.807, 2.05) is 12.3 Å². The van der Waals surface area contributed by atoms with Crippen molar-refractivity contribution < 1.29 is 0 Å². The molecule has 0 aliphatic carbocycles. The molecule has 4 nitrogen and oxygen atoms in total. The molecule has 78 valence electrons. The van der Waals surface area contributed by atoms with Crippen molar-refractivity contribution in [2.75, 3.05) is 0 Å². The summed E-state index contributed by atoms with van der Waals surface area (Å²) in [6.45, 7) is 6.82. The highest BCUT2D eigenvalue weighted by atomic mass is 15.3. The molecule has 4 heteroatoms. The molecule has 1 heterocycles. The van der Waals surface area contributed by atoms with Gasteiger partial charge in [0.2, 0.25) is 0 Å². The Morgan fingerprint density at radius 3 is 3.14 bits per heavy atom. The Balaban J connectivity index is 2.79. The molecule has 1 rings (SSSR count). The Kier molecular flexibility index (Phi) is 4.35. The molecular weight excluding hydrogens is 176 g/mol. The number of imidazole rings is 1. The van der Waals surface area contributed by atoms with Gasteiger partial charge in [0.05, 0.1) is 6.04 Å². The fourth-order valence-corrected chi connectivity index (χ4v) is 1.48. The van der Waals surface area contributed by atoms with Gasteiger partial charge in [-0.25, -0.2) is 10.4 Å². The lowest BCUT2D eigenvalue weighted by Gasteiger charge is -2.15. The Morgan fingerprint density at radius 1 is 1.79 bits per heavy atom. The zero-order chi connectivity index (χ0) is 10.4. The largest absolute Gasteiger partial charge is 0.334 e. The third-order valence-corrected chi connectivity index (χ3v) is 2.13. The van der Waals surface area contributed by atoms with E-state index in [1.165, 1.54) is 0 Å². The summed E-state index contributed by atoms with van der Waals surface area (Å²) in [7, 11) is 0. The van der Waals surface area contributed by atoms with Crippen LogP contribution in [0, 0.1) is 0 Å². The number of hydrogen-bond acceptors (Lipinski definition) is 3. The van der Waals surface area contributed by atoms with Gasteiger partial charge in [0, 0.05) is 18.9 Å². The van der Waals surface area contributed by atoms with Crippen LogP contribution in [0.25, 0.3) is 0 Å². The summed E-state index contributed by atoms with van der Waals surface area (Å²) in [6, 6.07) is 0.0639. The van der Waals surface area contributed by atoms with E-state index in [0.717, 1.165) is 25.2 Å². The highest BCUT2D eigenvalue weighted by molar-refractivity contribution is 5.01. The predicted octanol–water partition coefficient (Wildman–Crippen LogP) is 1.37. The Labute approximate surface area is 84.8 Å². The van der Waals surface area contributed by atoms with Crippen LogP contribution in [0.1, 0.15) is 31.6 Å². The number of nitrogens with zero attached hydrogens (tertiary/aromatic N) is 2. The molecule has 0 bridgehead atoms. The van der Waals surface area contributed by atoms with Crippen LogP contribution in [0.15, 0.2) is 25.0 Å². The van der Waals surface area contributed by atoms with Crippen molar-refractivity contribution in [3.05, 3.63) is 30.9 Å². The van der Waals surface area contributed by atoms with Crippen LogP contribution >= 0.6 is 0 Å². The van der Waals surface area contributed by atoms with Crippen molar-refractivity contribution >= 4 is 0 Å². The van der Waals surface area contributed by atoms with E-state index in [1.54, 1.807) is 6.20 Å². The Bertz CT molecular complexity index is 279. The smallest absolute Gasteiger partial charge is 0.127 e. The molecule has 1 aromatic rings. The third kappa shape index (κ3) is 2.43. The molecule has 0 spiro atoms. The molecule has 14 heavy (non-hydrogen) atoms. The van der Waals surface area contributed by atoms with Gasteiger partial charge in [0.1, 0.15) is 5.82 Å². The minimum Gasteiger partial charge on any atom is -0.334 e. The maximum atomic E-state index is 5.46. The van der Waals surface area contributed by atoms with Crippen LogP contribution < -0.4 is 11.3 Å². The normalized spacial score (nSPS) is 12.7. The van der Waals surface area contributed by atoms with Gasteiger partial charge in [-0.3, -0.25) is 5.84 Å². The standard InChI is InChI=1S/C10H18N4/c1-3-5-9(13-11)10-12-6-8-14(10)7-4-2/h3,6,8-9,13H,1,4-5,7,11H2,2H3. The lowest BCUT2D eigenvalue weighted by molar-refractivity contribution is 0.494. The monoisotopic (exact) mass is 194 g/mol. The summed E-state index contributed by atoms with van der Waals surface area (Å²) >= 11 is 0. The lowest BCUT2D eigenvalue weighted by Crippen LogP contribution is -2.30. The summed E-state index contributed by atoms with van der Waals surface area (Å²) in [5, 5.41) is 0. The third-order valence-electron chi connectivity index (χ3n) is 2.13. The van der Waals surface area contributed by atoms with Crippen molar-refractivity contribution in [1.82, 2.24) is 15.0 Å². The summed E-state index contributed by atoms with van der Waals surface area (Å²) in [5.74, 6) is 6.44. The maximum Gasteiger partial charge on any atom is 0.127 e. The highest BCUT2D eigenvalue weighted by Gasteiger charge is 2.12. The SMILES string of the molecule is C=CCC(NN)c1nccn1CCC. The molecule has 0 saturated heterocycles. The quantitative estimate of drug-likeness (QED) is 0.408. The van der Waals surface area contributed by atoms with Gasteiger partial charge in [-0.1, -0.05) is 13.0 Å². The fourth-order valence-electron chi connectivity index (χ4n) is 1.48. The molecule has 0 fully saturated rings. The first kappa shape index (κ1) is 10.9. The van der Waals surface area contributed by atoms with E-state index in [-0.39, 0.29) is 6.04 Å². The van der Waals surface area contributed by atoms with Gasteiger partial charge in [0.25, 0.3) is 0 Å². The molecule has 0 aliphatic heterocycles. The van der Waals surface area contributed by atoms with E-state index in [0.29, 0.717) is 0 Å². The number of aryl methyl sites for hydroxylation is 1. The number of hydrogen-bond donors (Lipinski definition) is 2. The van der Waals surface area contributed by atoms with Crippen molar-refractivity contribution in [1.29, 1.82) is 0 Å². The van der Waals surface area contributed by atoms with Gasteiger partial charge in [-0.05, 0) is 12.8 Å². The summed E-state index contributed by atoms with van der Waals surface area (Å²) < 4.78 is 2.12. The molecule has 1 aromatic heterocycles. The number of hydrazine groups is 1. The van der Waals surface area contributed by atoms with Gasteiger partial charge in [-0.15, -0.1) is 6.58 Å². The van der Waals surface area contributed by atoms with Gasteiger partial charge in [-0.2, -0.15) is 0 Å². The average molecular weight is 194 g/mol. The zero-order valence-electron chi connectivity index (χ0n) is 8.61. The molecular formula is C10H18N4. The first-order valence-corrected chi connectivity index (χ1v) is 4.91. The van der Waals surface area contributed by atoms with E-state index < -0.39 is 0 Å². The molecule has 0 aliphatic rings. The van der Waals surface area contributed by atoms with E-state index >= 15 is 0 Å². The molecule has 1 atom stereocenters. The van der Waals surface area contributed by atoms with Crippen LogP contribution in [-0.2, 0) is 6.54 Å². The second kappa shape index (κ2) is 5.57. The summed E-state index contributed by atoms with van der Waals surface area (Å²) in [4.78, 5) is 4.30. The van der Waals surface area contributed by atoms with Crippen molar-refractivity contribution in [3.8, 4) is 0 Å². The van der Waals surface area contributed by atoms with Crippen molar-refractivity contribution in [3.63, 3.8) is 0 Å². The Morgan fingerprint density at radius 2 is 2.57 bits per heavy atom. The molecule has 0 saturated carbocycles. The second-order valence-electron chi connectivity index (χ2n) is 3.22. The maximum absolute atomic E-state index is 5.46. The average Bonchev–Trinajstić information content (AvgIpc) is 2.63. The van der Waals surface area contributed by atoms with Crippen LogP contribution in [0.3, 0.4) is 0 Å². The first-order valence-electron chi connectivity index (χ1n) is 4.91. The Hall–Kier alpha value is -1.13. The number of nitrogens with two attached hydrogens (primary N) is 1. The molecule has 1 unspecified atom stereocenters. The van der Waals surface area contributed by atoms with Crippen LogP contribution in [0.5, 0.6) is 0 Å². The minimum absolute atomic E-state index is 0.0639. The van der Waals surface area contributed by atoms with Gasteiger partial charge in [0.15, 0.2) is 0 Å². The van der Waals surface area contributed by atoms with E-state index in [4.69, 9.17) is 5.84 Å². The van der Waals surface area contributed by atoms with E-state index in [2.05, 4.69) is 28.5 Å². The van der Waals surface area contributed by atoms with E-state index in [9.17, 15) is 0 Å². The predicted molar refractivity (Wildman–Crippen MR) is 57.4 cm³/mol. The molecule has 0 aromatic carbocycles. The lowest BCUT2D eigenvalue weighted by atomic mass is 10.2. The first-order chi connectivity index (χ1) is 6.83. The topological polar surface area (TPSA) is 55.9 Å². The molecule has 0 amide bonds. The number of nitrogens with one attached hydrogen (secondary N) is 1. The molecule has 0 radical (unpaired) electrons. The van der Waals surface area contributed by atoms with Gasteiger partial charge >= 0.3 is 0 Å². The van der Waals surface area contributed by atoms with Crippen LogP contribution in [-0.4, -0.2) is 9.55 Å². The van der Waals surface area contributed by atoms with Crippen molar-refractivity contribution in [2.24, 2.45) is 5.84 Å². The van der Waals surface area contributed by atoms with Crippen LogP contribution in [0.2, 0.25) is 0 Å². The van der Waals surface area contributed by atoms with Gasteiger partial charge < -0.3 is 4.57 Å². The minimum atomic E-state index is 0.0639. The summed E-state index contributed by atoms with van der Waals surface area (Å²) in [5.41, 5.74) is 2.75. The molecule has 3 N–H and O–H groups in total. The summed E-state index contributed by atoms with van der Waals surface area (Å²) in [6.07, 6.45) is 7.51. The van der Waals surface area contributed by atoms with Crippen LogP contribution in [0.4, 0.5) is 0 Å². The number of rotatable bonds is 6. The highest BCUT2D eigenvalue weighted by Crippen LogP contribution is 2.14. The second-order valence-corrected chi connectivity index (χ2v) is 3.22. The van der Waals surface area contributed by atoms with Crippen molar-refractivity contribution in [2.45, 2.75) is 32.4 Å². The number of aromatic nitrogens is 2. The fraction of sp³-hybridized carbons (Fsp3) is 0.500.